The van der Waals surface area contributed by atoms with Crippen molar-refractivity contribution in [3.05, 3.63) is 24.3 Å². The summed E-state index contributed by atoms with van der Waals surface area (Å²) in [6, 6.07) is 6.18. The molecule has 1 N–H and O–H groups in total. The third-order valence-electron chi connectivity index (χ3n) is 3.85. The number of amides is 1. The number of hydrogen-bond acceptors (Lipinski definition) is 4. The molecular formula is C15H22N2O4S. The molecule has 0 aliphatic carbocycles. The molecule has 122 valence electrons. The van der Waals surface area contributed by atoms with Crippen molar-refractivity contribution in [1.82, 2.24) is 9.62 Å². The number of carbonyl (C=O) groups is 1. The van der Waals surface area contributed by atoms with Gasteiger partial charge >= 0.3 is 0 Å². The standard InChI is InChI=1S/C15H22N2O4S/c1-12-7-9-17(10-8-12)22(19,20)14-5-3-13(4-6-14)21-11-15(18)16-2/h3-6,12H,7-11H2,1-2H3,(H,16,18). The summed E-state index contributed by atoms with van der Waals surface area (Å²) >= 11 is 0. The maximum Gasteiger partial charge on any atom is 0.257 e. The van der Waals surface area contributed by atoms with E-state index in [1.165, 1.54) is 23.5 Å². The molecule has 1 amide bonds. The van der Waals surface area contributed by atoms with Crippen LogP contribution in [0.25, 0.3) is 0 Å². The van der Waals surface area contributed by atoms with Gasteiger partial charge in [0.15, 0.2) is 6.61 Å². The Morgan fingerprint density at radius 2 is 1.86 bits per heavy atom. The highest BCUT2D eigenvalue weighted by atomic mass is 32.2. The Kier molecular flexibility index (Phi) is 5.42. The van der Waals surface area contributed by atoms with Crippen LogP contribution in [0.15, 0.2) is 29.2 Å². The molecule has 1 aromatic carbocycles. The van der Waals surface area contributed by atoms with Crippen LogP contribution in [0.1, 0.15) is 19.8 Å². The summed E-state index contributed by atoms with van der Waals surface area (Å²) in [6.45, 7) is 3.19. The number of carbonyl (C=O) groups excluding carboxylic acids is 1. The monoisotopic (exact) mass is 326 g/mol. The van der Waals surface area contributed by atoms with E-state index in [0.29, 0.717) is 24.8 Å². The number of rotatable bonds is 5. The molecule has 0 radical (unpaired) electrons. The molecule has 0 unspecified atom stereocenters. The van der Waals surface area contributed by atoms with E-state index in [1.807, 2.05) is 0 Å². The third-order valence-corrected chi connectivity index (χ3v) is 5.77. The highest BCUT2D eigenvalue weighted by molar-refractivity contribution is 7.89. The summed E-state index contributed by atoms with van der Waals surface area (Å²) in [5.74, 6) is 0.806. The Morgan fingerprint density at radius 3 is 2.41 bits per heavy atom. The van der Waals surface area contributed by atoms with Crippen LogP contribution < -0.4 is 10.1 Å². The normalized spacial score (nSPS) is 17.2. The summed E-state index contributed by atoms with van der Waals surface area (Å²) in [4.78, 5) is 11.4. The quantitative estimate of drug-likeness (QED) is 0.883. The molecule has 0 aromatic heterocycles. The highest BCUT2D eigenvalue weighted by Crippen LogP contribution is 2.24. The number of benzene rings is 1. The minimum atomic E-state index is -3.44. The molecule has 0 spiro atoms. The van der Waals surface area contributed by atoms with Gasteiger partial charge in [-0.15, -0.1) is 0 Å². The first-order chi connectivity index (χ1) is 10.4. The van der Waals surface area contributed by atoms with Gasteiger partial charge in [-0.2, -0.15) is 4.31 Å². The molecule has 7 heteroatoms. The smallest absolute Gasteiger partial charge is 0.257 e. The van der Waals surface area contributed by atoms with Gasteiger partial charge in [0.25, 0.3) is 5.91 Å². The van der Waals surface area contributed by atoms with E-state index in [0.717, 1.165) is 12.8 Å². The molecule has 1 aliphatic heterocycles. The van der Waals surface area contributed by atoms with Crippen LogP contribution in [0.5, 0.6) is 5.75 Å². The van der Waals surface area contributed by atoms with E-state index >= 15 is 0 Å². The van der Waals surface area contributed by atoms with Gasteiger partial charge in [-0.05, 0) is 43.0 Å². The zero-order chi connectivity index (χ0) is 16.2. The number of nitrogens with zero attached hydrogens (tertiary/aromatic N) is 1. The zero-order valence-electron chi connectivity index (χ0n) is 12.9. The van der Waals surface area contributed by atoms with Crippen LogP contribution in [-0.2, 0) is 14.8 Å². The lowest BCUT2D eigenvalue weighted by atomic mass is 10.0. The first-order valence-electron chi connectivity index (χ1n) is 7.37. The fraction of sp³-hybridized carbons (Fsp3) is 0.533. The van der Waals surface area contributed by atoms with E-state index in [4.69, 9.17) is 4.74 Å². The fourth-order valence-corrected chi connectivity index (χ4v) is 3.77. The molecular weight excluding hydrogens is 304 g/mol. The second kappa shape index (κ2) is 7.11. The third kappa shape index (κ3) is 3.98. The lowest BCUT2D eigenvalue weighted by molar-refractivity contribution is -0.122. The number of piperidine rings is 1. The van der Waals surface area contributed by atoms with Crippen LogP contribution in [0.2, 0.25) is 0 Å². The van der Waals surface area contributed by atoms with Gasteiger partial charge in [-0.25, -0.2) is 8.42 Å². The van der Waals surface area contributed by atoms with Gasteiger partial charge < -0.3 is 10.1 Å². The van der Waals surface area contributed by atoms with Crippen LogP contribution in [-0.4, -0.2) is 45.4 Å². The Bertz CT molecular complexity index is 605. The first-order valence-corrected chi connectivity index (χ1v) is 8.81. The van der Waals surface area contributed by atoms with Crippen LogP contribution in [0.3, 0.4) is 0 Å². The first kappa shape index (κ1) is 16.8. The van der Waals surface area contributed by atoms with Crippen LogP contribution >= 0.6 is 0 Å². The lowest BCUT2D eigenvalue weighted by Crippen LogP contribution is -2.37. The minimum Gasteiger partial charge on any atom is -0.484 e. The van der Waals surface area contributed by atoms with Gasteiger partial charge in [0.05, 0.1) is 4.90 Å². The Balaban J connectivity index is 2.04. The maximum atomic E-state index is 12.5. The number of hydrogen-bond donors (Lipinski definition) is 1. The van der Waals surface area contributed by atoms with E-state index in [-0.39, 0.29) is 17.4 Å². The second-order valence-electron chi connectivity index (χ2n) is 5.52. The van der Waals surface area contributed by atoms with Crippen LogP contribution in [0, 0.1) is 5.92 Å². The molecule has 6 nitrogen and oxygen atoms in total. The van der Waals surface area contributed by atoms with Gasteiger partial charge in [0.1, 0.15) is 5.75 Å². The van der Waals surface area contributed by atoms with Gasteiger partial charge in [0, 0.05) is 20.1 Å². The highest BCUT2D eigenvalue weighted by Gasteiger charge is 2.27. The van der Waals surface area contributed by atoms with Crippen molar-refractivity contribution >= 4 is 15.9 Å². The molecule has 0 saturated carbocycles. The molecule has 22 heavy (non-hydrogen) atoms. The molecule has 2 rings (SSSR count). The molecule has 0 atom stereocenters. The lowest BCUT2D eigenvalue weighted by Gasteiger charge is -2.29. The summed E-state index contributed by atoms with van der Waals surface area (Å²) in [7, 11) is -1.91. The molecule has 0 bridgehead atoms. The molecule has 1 fully saturated rings. The van der Waals surface area contributed by atoms with Crippen molar-refractivity contribution in [3.63, 3.8) is 0 Å². The SMILES string of the molecule is CNC(=O)COc1ccc(S(=O)(=O)N2CCC(C)CC2)cc1. The van der Waals surface area contributed by atoms with Crippen molar-refractivity contribution in [2.75, 3.05) is 26.7 Å². The van der Waals surface area contributed by atoms with Crippen molar-refractivity contribution < 1.29 is 17.9 Å². The number of likely N-dealkylation sites (N-methyl/N-ethyl adjacent to an activating group) is 1. The van der Waals surface area contributed by atoms with E-state index in [2.05, 4.69) is 12.2 Å². The van der Waals surface area contributed by atoms with Crippen molar-refractivity contribution in [2.45, 2.75) is 24.7 Å². The van der Waals surface area contributed by atoms with E-state index < -0.39 is 10.0 Å². The Labute approximate surface area is 131 Å². The summed E-state index contributed by atoms with van der Waals surface area (Å²) in [5.41, 5.74) is 0. The largest absolute Gasteiger partial charge is 0.484 e. The van der Waals surface area contributed by atoms with E-state index in [1.54, 1.807) is 12.1 Å². The van der Waals surface area contributed by atoms with Gasteiger partial charge in [-0.1, -0.05) is 6.92 Å². The number of ether oxygens (including phenoxy) is 1. The second-order valence-corrected chi connectivity index (χ2v) is 7.46. The van der Waals surface area contributed by atoms with Crippen molar-refractivity contribution in [1.29, 1.82) is 0 Å². The molecule has 1 heterocycles. The Hall–Kier alpha value is -1.60. The van der Waals surface area contributed by atoms with Gasteiger partial charge in [-0.3, -0.25) is 4.79 Å². The zero-order valence-corrected chi connectivity index (χ0v) is 13.7. The van der Waals surface area contributed by atoms with E-state index in [9.17, 15) is 13.2 Å². The topological polar surface area (TPSA) is 75.7 Å². The van der Waals surface area contributed by atoms with Crippen molar-refractivity contribution in [2.24, 2.45) is 5.92 Å². The van der Waals surface area contributed by atoms with Crippen molar-refractivity contribution in [3.8, 4) is 5.75 Å². The summed E-state index contributed by atoms with van der Waals surface area (Å²) < 4.78 is 31.9. The minimum absolute atomic E-state index is 0.0907. The molecule has 1 aromatic rings. The fourth-order valence-electron chi connectivity index (χ4n) is 2.30. The average molecular weight is 326 g/mol. The molecule has 1 saturated heterocycles. The maximum absolute atomic E-state index is 12.5. The predicted molar refractivity (Wildman–Crippen MR) is 83.2 cm³/mol. The number of sulfonamides is 1. The summed E-state index contributed by atoms with van der Waals surface area (Å²) in [5, 5.41) is 2.45. The average Bonchev–Trinajstić information content (AvgIpc) is 2.53. The van der Waals surface area contributed by atoms with Crippen LogP contribution in [0.4, 0.5) is 0 Å². The molecule has 1 aliphatic rings. The summed E-state index contributed by atoms with van der Waals surface area (Å²) in [6.07, 6.45) is 1.79. The number of nitrogens with one attached hydrogen (secondary N) is 1. The van der Waals surface area contributed by atoms with Gasteiger partial charge in [0.2, 0.25) is 10.0 Å². The predicted octanol–water partition coefficient (Wildman–Crippen LogP) is 1.23. The Morgan fingerprint density at radius 1 is 1.27 bits per heavy atom.